The lowest BCUT2D eigenvalue weighted by atomic mass is 10.2. The molecule has 104 valence electrons. The molecule has 0 heterocycles. The highest BCUT2D eigenvalue weighted by molar-refractivity contribution is 8.00. The van der Waals surface area contributed by atoms with Gasteiger partial charge in [0.25, 0.3) is 0 Å². The zero-order valence-corrected chi connectivity index (χ0v) is 11.8. The zero-order chi connectivity index (χ0) is 14.1. The Labute approximate surface area is 116 Å². The molecule has 0 saturated carbocycles. The third-order valence-electron chi connectivity index (χ3n) is 2.30. The summed E-state index contributed by atoms with van der Waals surface area (Å²) >= 11 is 1.23. The molecule has 0 aromatic heterocycles. The van der Waals surface area contributed by atoms with Crippen molar-refractivity contribution in [2.45, 2.75) is 6.54 Å². The first-order valence-electron chi connectivity index (χ1n) is 5.70. The summed E-state index contributed by atoms with van der Waals surface area (Å²) in [5.74, 6) is 0.733. The summed E-state index contributed by atoms with van der Waals surface area (Å²) in [4.78, 5) is 22.4. The average Bonchev–Trinajstić information content (AvgIpc) is 2.45. The average molecular weight is 283 g/mol. The van der Waals surface area contributed by atoms with E-state index in [1.54, 1.807) is 7.11 Å². The molecule has 1 rings (SSSR count). The quantitative estimate of drug-likeness (QED) is 0.762. The van der Waals surface area contributed by atoms with Gasteiger partial charge in [0, 0.05) is 6.54 Å². The van der Waals surface area contributed by atoms with Crippen molar-refractivity contribution in [3.05, 3.63) is 29.8 Å². The molecule has 0 radical (unpaired) electrons. The molecule has 0 unspecified atom stereocenters. The van der Waals surface area contributed by atoms with Crippen LogP contribution in [-0.2, 0) is 20.9 Å². The summed E-state index contributed by atoms with van der Waals surface area (Å²) in [6.07, 6.45) is 0. The zero-order valence-electron chi connectivity index (χ0n) is 11.0. The van der Waals surface area contributed by atoms with Crippen molar-refractivity contribution in [3.8, 4) is 5.75 Å². The van der Waals surface area contributed by atoms with Crippen LogP contribution in [0.25, 0.3) is 0 Å². The molecule has 0 fully saturated rings. The van der Waals surface area contributed by atoms with Gasteiger partial charge in [0.05, 0.1) is 25.7 Å². The number of hydrogen-bond donors (Lipinski definition) is 1. The fourth-order valence-electron chi connectivity index (χ4n) is 1.32. The van der Waals surface area contributed by atoms with E-state index in [1.807, 2.05) is 24.3 Å². The Kier molecular flexibility index (Phi) is 6.81. The minimum absolute atomic E-state index is 0.114. The summed E-state index contributed by atoms with van der Waals surface area (Å²) in [6.45, 7) is 0.439. The molecular formula is C13H17NO4S. The highest BCUT2D eigenvalue weighted by Gasteiger charge is 2.05. The van der Waals surface area contributed by atoms with Crippen molar-refractivity contribution in [1.29, 1.82) is 0 Å². The van der Waals surface area contributed by atoms with Crippen molar-refractivity contribution < 1.29 is 19.1 Å². The highest BCUT2D eigenvalue weighted by atomic mass is 32.2. The van der Waals surface area contributed by atoms with Crippen LogP contribution in [0.1, 0.15) is 5.56 Å². The molecule has 0 aliphatic rings. The number of rotatable bonds is 7. The minimum Gasteiger partial charge on any atom is -0.497 e. The normalized spacial score (nSPS) is 9.79. The Balaban J connectivity index is 2.27. The molecule has 0 aliphatic carbocycles. The van der Waals surface area contributed by atoms with Gasteiger partial charge in [0.15, 0.2) is 0 Å². The van der Waals surface area contributed by atoms with E-state index in [0.29, 0.717) is 6.54 Å². The van der Waals surface area contributed by atoms with Crippen molar-refractivity contribution >= 4 is 23.6 Å². The number of carbonyl (C=O) groups excluding carboxylic acids is 2. The summed E-state index contributed by atoms with van der Waals surface area (Å²) in [5, 5.41) is 2.77. The molecule has 0 aliphatic heterocycles. The molecule has 0 atom stereocenters. The van der Waals surface area contributed by atoms with Crippen molar-refractivity contribution in [2.75, 3.05) is 25.7 Å². The van der Waals surface area contributed by atoms with Crippen LogP contribution >= 0.6 is 11.8 Å². The molecular weight excluding hydrogens is 266 g/mol. The molecule has 19 heavy (non-hydrogen) atoms. The largest absolute Gasteiger partial charge is 0.497 e. The van der Waals surface area contributed by atoms with E-state index in [9.17, 15) is 9.59 Å². The topological polar surface area (TPSA) is 64.6 Å². The summed E-state index contributed by atoms with van der Waals surface area (Å²) in [5.41, 5.74) is 0.964. The summed E-state index contributed by atoms with van der Waals surface area (Å²) in [7, 11) is 2.92. The first-order chi connectivity index (χ1) is 9.15. The number of amides is 1. The number of thioether (sulfide) groups is 1. The minimum atomic E-state index is -0.328. The predicted molar refractivity (Wildman–Crippen MR) is 74.2 cm³/mol. The summed E-state index contributed by atoms with van der Waals surface area (Å²) < 4.78 is 9.58. The number of nitrogens with one attached hydrogen (secondary N) is 1. The number of methoxy groups -OCH3 is 2. The van der Waals surface area contributed by atoms with Gasteiger partial charge in [-0.3, -0.25) is 9.59 Å². The van der Waals surface area contributed by atoms with Crippen LogP contribution in [-0.4, -0.2) is 37.6 Å². The van der Waals surface area contributed by atoms with Crippen LogP contribution < -0.4 is 10.1 Å². The molecule has 1 aromatic rings. The molecule has 1 aromatic carbocycles. The van der Waals surface area contributed by atoms with Gasteiger partial charge >= 0.3 is 5.97 Å². The van der Waals surface area contributed by atoms with Crippen LogP contribution in [0.5, 0.6) is 5.75 Å². The highest BCUT2D eigenvalue weighted by Crippen LogP contribution is 2.12. The first-order valence-corrected chi connectivity index (χ1v) is 6.85. The lowest BCUT2D eigenvalue weighted by molar-refractivity contribution is -0.137. The Morgan fingerprint density at radius 3 is 2.74 bits per heavy atom. The number of esters is 1. The van der Waals surface area contributed by atoms with Gasteiger partial charge < -0.3 is 14.8 Å². The van der Waals surface area contributed by atoms with E-state index in [1.165, 1.54) is 18.9 Å². The second kappa shape index (κ2) is 8.42. The van der Waals surface area contributed by atoms with Gasteiger partial charge in [-0.1, -0.05) is 12.1 Å². The van der Waals surface area contributed by atoms with Gasteiger partial charge in [0.1, 0.15) is 5.75 Å². The Morgan fingerprint density at radius 1 is 1.26 bits per heavy atom. The smallest absolute Gasteiger partial charge is 0.315 e. The van der Waals surface area contributed by atoms with Crippen LogP contribution in [0.2, 0.25) is 0 Å². The Bertz CT molecular complexity index is 436. The predicted octanol–water partition coefficient (Wildman–Crippen LogP) is 1.22. The third kappa shape index (κ3) is 6.15. The number of carbonyl (C=O) groups is 2. The maximum atomic E-state index is 11.5. The van der Waals surface area contributed by atoms with Crippen LogP contribution in [0.3, 0.4) is 0 Å². The maximum Gasteiger partial charge on any atom is 0.315 e. The molecule has 1 N–H and O–H groups in total. The van der Waals surface area contributed by atoms with Gasteiger partial charge in [-0.2, -0.15) is 0 Å². The SMILES string of the molecule is COC(=O)CSCC(=O)NCc1cccc(OC)c1. The molecule has 1 amide bonds. The van der Waals surface area contributed by atoms with Gasteiger partial charge in [0.2, 0.25) is 5.91 Å². The van der Waals surface area contributed by atoms with Crippen molar-refractivity contribution in [3.63, 3.8) is 0 Å². The van der Waals surface area contributed by atoms with E-state index >= 15 is 0 Å². The van der Waals surface area contributed by atoms with Gasteiger partial charge in [-0.15, -0.1) is 11.8 Å². The van der Waals surface area contributed by atoms with E-state index in [0.717, 1.165) is 11.3 Å². The van der Waals surface area contributed by atoms with Crippen LogP contribution in [0.4, 0.5) is 0 Å². The first kappa shape index (κ1) is 15.4. The fraction of sp³-hybridized carbons (Fsp3) is 0.385. The van der Waals surface area contributed by atoms with Crippen LogP contribution in [0.15, 0.2) is 24.3 Å². The standard InChI is InChI=1S/C13H17NO4S/c1-17-11-5-3-4-10(6-11)7-14-12(15)8-19-9-13(16)18-2/h3-6H,7-9H2,1-2H3,(H,14,15). The maximum absolute atomic E-state index is 11.5. The molecule has 0 spiro atoms. The third-order valence-corrected chi connectivity index (χ3v) is 3.21. The second-order valence-electron chi connectivity index (χ2n) is 3.70. The van der Waals surface area contributed by atoms with E-state index in [4.69, 9.17) is 4.74 Å². The van der Waals surface area contributed by atoms with Crippen LogP contribution in [0, 0.1) is 0 Å². The van der Waals surface area contributed by atoms with E-state index in [-0.39, 0.29) is 23.4 Å². The molecule has 6 heteroatoms. The number of hydrogen-bond acceptors (Lipinski definition) is 5. The van der Waals surface area contributed by atoms with E-state index in [2.05, 4.69) is 10.1 Å². The lowest BCUT2D eigenvalue weighted by Crippen LogP contribution is -2.25. The molecule has 5 nitrogen and oxygen atoms in total. The van der Waals surface area contributed by atoms with Crippen molar-refractivity contribution in [2.24, 2.45) is 0 Å². The molecule has 0 saturated heterocycles. The van der Waals surface area contributed by atoms with E-state index < -0.39 is 0 Å². The summed E-state index contributed by atoms with van der Waals surface area (Å²) in [6, 6.07) is 7.48. The monoisotopic (exact) mass is 283 g/mol. The molecule has 0 bridgehead atoms. The lowest BCUT2D eigenvalue weighted by Gasteiger charge is -2.06. The second-order valence-corrected chi connectivity index (χ2v) is 4.68. The van der Waals surface area contributed by atoms with Gasteiger partial charge in [-0.05, 0) is 17.7 Å². The number of ether oxygens (including phenoxy) is 2. The number of benzene rings is 1. The van der Waals surface area contributed by atoms with Gasteiger partial charge in [-0.25, -0.2) is 0 Å². The Hall–Kier alpha value is -1.69. The fourth-order valence-corrected chi connectivity index (χ4v) is 1.99. The van der Waals surface area contributed by atoms with Crippen molar-refractivity contribution in [1.82, 2.24) is 5.32 Å². The Morgan fingerprint density at radius 2 is 2.05 bits per heavy atom.